The Morgan fingerprint density at radius 3 is 2.31 bits per heavy atom. The van der Waals surface area contributed by atoms with Gasteiger partial charge in [-0.3, -0.25) is 4.79 Å². The molecule has 1 amide bonds. The number of ether oxygens (including phenoxy) is 3. The summed E-state index contributed by atoms with van der Waals surface area (Å²) in [6.45, 7) is 0. The van der Waals surface area contributed by atoms with E-state index in [1.54, 1.807) is 12.1 Å². The Bertz CT molecular complexity index is 1020. The van der Waals surface area contributed by atoms with Crippen LogP contribution in [-0.2, 0) is 10.0 Å². The lowest BCUT2D eigenvalue weighted by Crippen LogP contribution is -2.23. The first kappa shape index (κ1) is 22.2. The largest absolute Gasteiger partial charge is 0.493 e. The molecule has 0 bridgehead atoms. The molecule has 0 saturated heterocycles. The van der Waals surface area contributed by atoms with Crippen molar-refractivity contribution in [1.29, 1.82) is 0 Å². The van der Waals surface area contributed by atoms with E-state index in [2.05, 4.69) is 10.5 Å². The van der Waals surface area contributed by atoms with Gasteiger partial charge in [-0.15, -0.1) is 0 Å². The molecule has 2 aromatic carbocycles. The van der Waals surface area contributed by atoms with Gasteiger partial charge in [0.05, 0.1) is 32.4 Å². The average molecular weight is 421 g/mol. The van der Waals surface area contributed by atoms with Crippen LogP contribution in [0.1, 0.15) is 15.9 Å². The normalized spacial score (nSPS) is 11.5. The molecule has 0 aliphatic heterocycles. The summed E-state index contributed by atoms with van der Waals surface area (Å²) in [5, 5.41) is 3.92. The van der Waals surface area contributed by atoms with Gasteiger partial charge in [0.15, 0.2) is 11.5 Å². The predicted molar refractivity (Wildman–Crippen MR) is 108 cm³/mol. The molecule has 10 heteroatoms. The van der Waals surface area contributed by atoms with Gasteiger partial charge in [0.2, 0.25) is 15.8 Å². The quantitative estimate of drug-likeness (QED) is 0.514. The number of benzene rings is 2. The van der Waals surface area contributed by atoms with E-state index in [1.165, 1.54) is 65.9 Å². The fraction of sp³-hybridized carbons (Fsp3) is 0.263. The highest BCUT2D eigenvalue weighted by molar-refractivity contribution is 7.89. The number of sulfonamides is 1. The number of hydrazone groups is 1. The van der Waals surface area contributed by atoms with Gasteiger partial charge in [0.25, 0.3) is 5.91 Å². The molecule has 0 aromatic heterocycles. The Balaban J connectivity index is 2.23. The number of carbonyl (C=O) groups is 1. The van der Waals surface area contributed by atoms with Crippen molar-refractivity contribution in [2.75, 3.05) is 35.4 Å². The summed E-state index contributed by atoms with van der Waals surface area (Å²) < 4.78 is 41.4. The van der Waals surface area contributed by atoms with Crippen LogP contribution in [0.2, 0.25) is 0 Å². The molecule has 0 aliphatic rings. The molecule has 0 spiro atoms. The van der Waals surface area contributed by atoms with Crippen molar-refractivity contribution in [2.24, 2.45) is 5.10 Å². The zero-order valence-corrected chi connectivity index (χ0v) is 17.6. The maximum Gasteiger partial charge on any atom is 0.271 e. The molecule has 2 aromatic rings. The Hall–Kier alpha value is -3.11. The number of rotatable bonds is 8. The molecule has 0 saturated carbocycles. The van der Waals surface area contributed by atoms with E-state index in [4.69, 9.17) is 14.2 Å². The first-order valence-corrected chi connectivity index (χ1v) is 9.85. The SMILES string of the molecule is COc1ccc(/C=N\NC(=O)c2cccc(S(=O)(=O)N(C)C)c2)c(OC)c1OC. The molecule has 0 radical (unpaired) electrons. The van der Waals surface area contributed by atoms with Crippen LogP contribution in [0.15, 0.2) is 46.4 Å². The molecular formula is C19H23N3O6S. The molecule has 2 rings (SSSR count). The van der Waals surface area contributed by atoms with E-state index in [9.17, 15) is 13.2 Å². The van der Waals surface area contributed by atoms with Gasteiger partial charge < -0.3 is 14.2 Å². The van der Waals surface area contributed by atoms with Crippen LogP contribution in [0.5, 0.6) is 17.2 Å². The lowest BCUT2D eigenvalue weighted by molar-refractivity contribution is 0.0955. The molecule has 29 heavy (non-hydrogen) atoms. The lowest BCUT2D eigenvalue weighted by atomic mass is 10.2. The van der Waals surface area contributed by atoms with Crippen molar-refractivity contribution in [3.05, 3.63) is 47.5 Å². The van der Waals surface area contributed by atoms with Gasteiger partial charge in [-0.05, 0) is 30.3 Å². The topological polar surface area (TPSA) is 107 Å². The van der Waals surface area contributed by atoms with Gasteiger partial charge >= 0.3 is 0 Å². The molecule has 9 nitrogen and oxygen atoms in total. The zero-order valence-electron chi connectivity index (χ0n) is 16.8. The Kier molecular flexibility index (Phi) is 7.18. The van der Waals surface area contributed by atoms with E-state index in [1.807, 2.05) is 0 Å². The number of amides is 1. The van der Waals surface area contributed by atoms with E-state index in [0.29, 0.717) is 22.8 Å². The summed E-state index contributed by atoms with van der Waals surface area (Å²) in [6, 6.07) is 9.07. The van der Waals surface area contributed by atoms with Crippen LogP contribution in [0.4, 0.5) is 0 Å². The van der Waals surface area contributed by atoms with Crippen molar-refractivity contribution >= 4 is 22.1 Å². The molecule has 0 aliphatic carbocycles. The standard InChI is InChI=1S/C19H23N3O6S/c1-22(2)29(24,25)15-8-6-7-13(11-15)19(23)21-20-12-14-9-10-16(26-3)18(28-5)17(14)27-4/h6-12H,1-5H3,(H,21,23)/b20-12-. The monoisotopic (exact) mass is 421 g/mol. The summed E-state index contributed by atoms with van der Waals surface area (Å²) in [7, 11) is 3.66. The Morgan fingerprint density at radius 2 is 1.72 bits per heavy atom. The summed E-state index contributed by atoms with van der Waals surface area (Å²) in [5.41, 5.74) is 3.07. The smallest absolute Gasteiger partial charge is 0.271 e. The zero-order chi connectivity index (χ0) is 21.6. The molecule has 0 heterocycles. The maximum atomic E-state index is 12.4. The fourth-order valence-electron chi connectivity index (χ4n) is 2.46. The maximum absolute atomic E-state index is 12.4. The first-order chi connectivity index (χ1) is 13.8. The lowest BCUT2D eigenvalue weighted by Gasteiger charge is -2.13. The van der Waals surface area contributed by atoms with Crippen molar-refractivity contribution in [1.82, 2.24) is 9.73 Å². The highest BCUT2D eigenvalue weighted by atomic mass is 32.2. The van der Waals surface area contributed by atoms with E-state index in [-0.39, 0.29) is 10.5 Å². The summed E-state index contributed by atoms with van der Waals surface area (Å²) in [6.07, 6.45) is 1.39. The third kappa shape index (κ3) is 4.84. The molecule has 0 atom stereocenters. The van der Waals surface area contributed by atoms with Crippen LogP contribution < -0.4 is 19.6 Å². The Labute approximate surface area is 169 Å². The van der Waals surface area contributed by atoms with E-state index >= 15 is 0 Å². The second kappa shape index (κ2) is 9.39. The fourth-order valence-corrected chi connectivity index (χ4v) is 3.41. The van der Waals surface area contributed by atoms with Crippen LogP contribution >= 0.6 is 0 Å². The van der Waals surface area contributed by atoms with Gasteiger partial charge in [-0.2, -0.15) is 5.10 Å². The van der Waals surface area contributed by atoms with Crippen molar-refractivity contribution in [2.45, 2.75) is 4.90 Å². The van der Waals surface area contributed by atoms with Gasteiger partial charge in [-0.25, -0.2) is 18.1 Å². The van der Waals surface area contributed by atoms with Crippen LogP contribution in [0, 0.1) is 0 Å². The third-order valence-corrected chi connectivity index (χ3v) is 5.79. The molecule has 0 fully saturated rings. The molecular weight excluding hydrogens is 398 g/mol. The number of carbonyl (C=O) groups excluding carboxylic acids is 1. The second-order valence-corrected chi connectivity index (χ2v) is 8.09. The molecule has 156 valence electrons. The van der Waals surface area contributed by atoms with E-state index < -0.39 is 15.9 Å². The van der Waals surface area contributed by atoms with Gasteiger partial charge in [0.1, 0.15) is 0 Å². The van der Waals surface area contributed by atoms with Crippen molar-refractivity contribution < 1.29 is 27.4 Å². The third-order valence-electron chi connectivity index (χ3n) is 3.98. The van der Waals surface area contributed by atoms with Crippen LogP contribution in [0.25, 0.3) is 0 Å². The molecule has 1 N–H and O–H groups in total. The minimum Gasteiger partial charge on any atom is -0.493 e. The Morgan fingerprint density at radius 1 is 1.03 bits per heavy atom. The van der Waals surface area contributed by atoms with Crippen LogP contribution in [0.3, 0.4) is 0 Å². The highest BCUT2D eigenvalue weighted by Gasteiger charge is 2.19. The summed E-state index contributed by atoms with van der Waals surface area (Å²) >= 11 is 0. The first-order valence-electron chi connectivity index (χ1n) is 8.41. The number of nitrogens with zero attached hydrogens (tertiary/aromatic N) is 2. The van der Waals surface area contributed by atoms with Crippen molar-refractivity contribution in [3.63, 3.8) is 0 Å². The summed E-state index contributed by atoms with van der Waals surface area (Å²) in [4.78, 5) is 12.4. The number of hydrogen-bond acceptors (Lipinski definition) is 7. The average Bonchev–Trinajstić information content (AvgIpc) is 2.72. The second-order valence-electron chi connectivity index (χ2n) is 5.94. The minimum absolute atomic E-state index is 0.0145. The number of methoxy groups -OCH3 is 3. The molecule has 0 unspecified atom stereocenters. The summed E-state index contributed by atoms with van der Waals surface area (Å²) in [5.74, 6) is 0.719. The number of nitrogens with one attached hydrogen (secondary N) is 1. The van der Waals surface area contributed by atoms with Gasteiger partial charge in [0, 0.05) is 25.2 Å². The van der Waals surface area contributed by atoms with Gasteiger partial charge in [-0.1, -0.05) is 6.07 Å². The van der Waals surface area contributed by atoms with E-state index in [0.717, 1.165) is 4.31 Å². The number of hydrogen-bond donors (Lipinski definition) is 1. The predicted octanol–water partition coefficient (Wildman–Crippen LogP) is 1.73. The minimum atomic E-state index is -3.65. The van der Waals surface area contributed by atoms with Crippen LogP contribution in [-0.4, -0.2) is 60.3 Å². The highest BCUT2D eigenvalue weighted by Crippen LogP contribution is 2.38. The van der Waals surface area contributed by atoms with Crippen molar-refractivity contribution in [3.8, 4) is 17.2 Å².